The maximum absolute atomic E-state index is 12.7. The number of nitro benzene ring substituents is 1. The van der Waals surface area contributed by atoms with Crippen LogP contribution in [0.1, 0.15) is 34.8 Å². The maximum atomic E-state index is 12.7. The molecule has 0 heterocycles. The molecule has 1 amide bonds. The lowest BCUT2D eigenvalue weighted by molar-refractivity contribution is -0.385. The van der Waals surface area contributed by atoms with Gasteiger partial charge in [0.1, 0.15) is 0 Å². The van der Waals surface area contributed by atoms with Gasteiger partial charge in [0.15, 0.2) is 0 Å². The van der Waals surface area contributed by atoms with Crippen molar-refractivity contribution < 1.29 is 18.1 Å². The second-order valence-corrected chi connectivity index (χ2v) is 7.73. The Bertz CT molecular complexity index is 986. The van der Waals surface area contributed by atoms with Crippen LogP contribution in [0.4, 0.5) is 11.4 Å². The number of rotatable bonds is 7. The predicted molar refractivity (Wildman–Crippen MR) is 102 cm³/mol. The molecule has 2 N–H and O–H groups in total. The van der Waals surface area contributed by atoms with Gasteiger partial charge in [0.25, 0.3) is 21.6 Å². The van der Waals surface area contributed by atoms with Crippen LogP contribution >= 0.6 is 0 Å². The SMILES string of the molecule is CCCNC(=O)c1cc(S(=O)(=O)Nc2cccc([N+](=O)[O-])c2C)ccc1C. The molecule has 8 nitrogen and oxygen atoms in total. The number of nitro groups is 1. The molecule has 0 atom stereocenters. The molecule has 0 saturated heterocycles. The molecule has 2 rings (SSSR count). The summed E-state index contributed by atoms with van der Waals surface area (Å²) in [5.41, 5.74) is 1.05. The molecule has 0 spiro atoms. The van der Waals surface area contributed by atoms with E-state index in [9.17, 15) is 23.3 Å². The summed E-state index contributed by atoms with van der Waals surface area (Å²) in [6.45, 7) is 5.59. The number of amides is 1. The highest BCUT2D eigenvalue weighted by Gasteiger charge is 2.21. The zero-order valence-electron chi connectivity index (χ0n) is 15.3. The van der Waals surface area contributed by atoms with Crippen LogP contribution in [0, 0.1) is 24.0 Å². The average Bonchev–Trinajstić information content (AvgIpc) is 2.61. The molecule has 9 heteroatoms. The van der Waals surface area contributed by atoms with E-state index in [4.69, 9.17) is 0 Å². The molecule has 0 aliphatic heterocycles. The van der Waals surface area contributed by atoms with Gasteiger partial charge in [-0.05, 0) is 44.0 Å². The topological polar surface area (TPSA) is 118 Å². The minimum atomic E-state index is -4.02. The van der Waals surface area contributed by atoms with Crippen LogP contribution in [-0.4, -0.2) is 25.8 Å². The molecular formula is C18H21N3O5S. The van der Waals surface area contributed by atoms with Crippen LogP contribution in [0.5, 0.6) is 0 Å². The molecule has 144 valence electrons. The van der Waals surface area contributed by atoms with Gasteiger partial charge in [-0.3, -0.25) is 19.6 Å². The van der Waals surface area contributed by atoms with Crippen LogP contribution in [0.2, 0.25) is 0 Å². The molecule has 0 radical (unpaired) electrons. The second-order valence-electron chi connectivity index (χ2n) is 6.04. The summed E-state index contributed by atoms with van der Waals surface area (Å²) < 4.78 is 27.8. The van der Waals surface area contributed by atoms with Crippen molar-refractivity contribution in [2.75, 3.05) is 11.3 Å². The van der Waals surface area contributed by atoms with Crippen molar-refractivity contribution in [3.63, 3.8) is 0 Å². The maximum Gasteiger partial charge on any atom is 0.274 e. The van der Waals surface area contributed by atoms with E-state index in [1.54, 1.807) is 13.0 Å². The minimum Gasteiger partial charge on any atom is -0.352 e. The van der Waals surface area contributed by atoms with Crippen molar-refractivity contribution in [1.29, 1.82) is 0 Å². The number of sulfonamides is 1. The van der Waals surface area contributed by atoms with Crippen molar-refractivity contribution in [2.45, 2.75) is 32.1 Å². The standard InChI is InChI=1S/C18H21N3O5S/c1-4-10-19-18(22)15-11-14(9-8-12(15)2)27(25,26)20-16-6-5-7-17(13(16)3)21(23)24/h5-9,11,20H,4,10H2,1-3H3,(H,19,22). The van der Waals surface area contributed by atoms with Crippen molar-refractivity contribution in [3.8, 4) is 0 Å². The zero-order chi connectivity index (χ0) is 20.2. The molecule has 0 aliphatic rings. The highest BCUT2D eigenvalue weighted by Crippen LogP contribution is 2.27. The summed E-state index contributed by atoms with van der Waals surface area (Å²) >= 11 is 0. The Morgan fingerprint density at radius 1 is 1.19 bits per heavy atom. The van der Waals surface area contributed by atoms with E-state index in [1.807, 2.05) is 6.92 Å². The van der Waals surface area contributed by atoms with E-state index < -0.39 is 14.9 Å². The Morgan fingerprint density at radius 2 is 1.89 bits per heavy atom. The first-order valence-electron chi connectivity index (χ1n) is 8.33. The van der Waals surface area contributed by atoms with Crippen molar-refractivity contribution in [2.24, 2.45) is 0 Å². The number of benzene rings is 2. The first kappa shape index (κ1) is 20.4. The lowest BCUT2D eigenvalue weighted by atomic mass is 10.1. The van der Waals surface area contributed by atoms with Gasteiger partial charge in [0, 0.05) is 18.2 Å². The van der Waals surface area contributed by atoms with Crippen molar-refractivity contribution in [1.82, 2.24) is 5.32 Å². The highest BCUT2D eigenvalue weighted by atomic mass is 32.2. The Kier molecular flexibility index (Phi) is 6.17. The Morgan fingerprint density at radius 3 is 2.52 bits per heavy atom. The molecule has 0 bridgehead atoms. The van der Waals surface area contributed by atoms with Gasteiger partial charge in [-0.1, -0.05) is 19.1 Å². The third-order valence-electron chi connectivity index (χ3n) is 4.05. The summed E-state index contributed by atoms with van der Waals surface area (Å²) in [5.74, 6) is -0.349. The first-order chi connectivity index (χ1) is 12.7. The lowest BCUT2D eigenvalue weighted by Crippen LogP contribution is -2.25. The highest BCUT2D eigenvalue weighted by molar-refractivity contribution is 7.92. The number of nitrogens with zero attached hydrogens (tertiary/aromatic N) is 1. The average molecular weight is 391 g/mol. The van der Waals surface area contributed by atoms with Crippen LogP contribution in [-0.2, 0) is 10.0 Å². The van der Waals surface area contributed by atoms with Gasteiger partial charge < -0.3 is 5.32 Å². The molecule has 0 aromatic heterocycles. The number of aryl methyl sites for hydroxylation is 1. The van der Waals surface area contributed by atoms with Gasteiger partial charge in [0.05, 0.1) is 21.1 Å². The number of carbonyl (C=O) groups excluding carboxylic acids is 1. The normalized spacial score (nSPS) is 11.1. The van der Waals surface area contributed by atoms with E-state index in [0.29, 0.717) is 12.1 Å². The third kappa shape index (κ3) is 4.62. The van der Waals surface area contributed by atoms with E-state index in [1.165, 1.54) is 37.3 Å². The smallest absolute Gasteiger partial charge is 0.274 e. The number of hydrogen-bond acceptors (Lipinski definition) is 5. The van der Waals surface area contributed by atoms with Crippen LogP contribution < -0.4 is 10.0 Å². The monoisotopic (exact) mass is 391 g/mol. The van der Waals surface area contributed by atoms with Crippen LogP contribution in [0.3, 0.4) is 0 Å². The van der Waals surface area contributed by atoms with E-state index in [0.717, 1.165) is 6.42 Å². The van der Waals surface area contributed by atoms with E-state index >= 15 is 0 Å². The molecule has 0 unspecified atom stereocenters. The summed E-state index contributed by atoms with van der Waals surface area (Å²) in [5, 5.41) is 13.8. The van der Waals surface area contributed by atoms with Gasteiger partial charge in [-0.15, -0.1) is 0 Å². The Hall–Kier alpha value is -2.94. The van der Waals surface area contributed by atoms with Gasteiger partial charge >= 0.3 is 0 Å². The fourth-order valence-electron chi connectivity index (χ4n) is 2.48. The number of carbonyl (C=O) groups is 1. The van der Waals surface area contributed by atoms with E-state index in [-0.39, 0.29) is 33.3 Å². The molecule has 0 fully saturated rings. The van der Waals surface area contributed by atoms with Crippen molar-refractivity contribution >= 4 is 27.3 Å². The van der Waals surface area contributed by atoms with E-state index in [2.05, 4.69) is 10.0 Å². The largest absolute Gasteiger partial charge is 0.352 e. The predicted octanol–water partition coefficient (Wildman–Crippen LogP) is 3.15. The van der Waals surface area contributed by atoms with Gasteiger partial charge in [-0.2, -0.15) is 0 Å². The summed E-state index contributed by atoms with van der Waals surface area (Å²) in [7, 11) is -4.02. The quantitative estimate of drug-likeness (QED) is 0.555. The zero-order valence-corrected chi connectivity index (χ0v) is 16.1. The number of nitrogens with one attached hydrogen (secondary N) is 2. The fraction of sp³-hybridized carbons (Fsp3) is 0.278. The molecule has 0 saturated carbocycles. The van der Waals surface area contributed by atoms with Gasteiger partial charge in [-0.25, -0.2) is 8.42 Å². The summed E-state index contributed by atoms with van der Waals surface area (Å²) in [6.07, 6.45) is 0.760. The Balaban J connectivity index is 2.39. The minimum absolute atomic E-state index is 0.0966. The summed E-state index contributed by atoms with van der Waals surface area (Å²) in [6, 6.07) is 8.39. The molecule has 2 aromatic carbocycles. The van der Waals surface area contributed by atoms with Crippen molar-refractivity contribution in [3.05, 3.63) is 63.2 Å². The summed E-state index contributed by atoms with van der Waals surface area (Å²) in [4.78, 5) is 22.6. The third-order valence-corrected chi connectivity index (χ3v) is 5.41. The molecule has 27 heavy (non-hydrogen) atoms. The Labute approximate surface area is 157 Å². The van der Waals surface area contributed by atoms with Gasteiger partial charge in [0.2, 0.25) is 0 Å². The lowest BCUT2D eigenvalue weighted by Gasteiger charge is -2.13. The fourth-order valence-corrected chi connectivity index (χ4v) is 3.63. The first-order valence-corrected chi connectivity index (χ1v) is 9.81. The second kappa shape index (κ2) is 8.17. The van der Waals surface area contributed by atoms with Crippen LogP contribution in [0.25, 0.3) is 0 Å². The number of anilines is 1. The molecule has 2 aromatic rings. The van der Waals surface area contributed by atoms with Crippen LogP contribution in [0.15, 0.2) is 41.3 Å². The number of hydrogen-bond donors (Lipinski definition) is 2. The molecular weight excluding hydrogens is 370 g/mol. The molecule has 0 aliphatic carbocycles.